The first-order valence-electron chi connectivity index (χ1n) is 6.58. The molecule has 92 valence electrons. The molecule has 2 aliphatic rings. The summed E-state index contributed by atoms with van der Waals surface area (Å²) in [5.74, 6) is 0.857. The number of carbonyl (C=O) groups excluding carboxylic acids is 1. The molecule has 0 bridgehead atoms. The summed E-state index contributed by atoms with van der Waals surface area (Å²) in [6, 6.07) is 0.841. The van der Waals surface area contributed by atoms with Crippen LogP contribution < -0.4 is 0 Å². The fraction of sp³-hybridized carbons (Fsp3) is 0.692. The van der Waals surface area contributed by atoms with Crippen molar-refractivity contribution < 1.29 is 4.79 Å². The quantitative estimate of drug-likeness (QED) is 0.808. The van der Waals surface area contributed by atoms with Crippen LogP contribution in [0.15, 0.2) is 12.5 Å². The molecule has 0 spiro atoms. The molecule has 1 aliphatic carbocycles. The van der Waals surface area contributed by atoms with Crippen LogP contribution in [0.4, 0.5) is 0 Å². The number of rotatable bonds is 1. The van der Waals surface area contributed by atoms with Gasteiger partial charge in [-0.15, -0.1) is 0 Å². The van der Waals surface area contributed by atoms with Gasteiger partial charge in [0.05, 0.1) is 12.5 Å². The fourth-order valence-electron chi connectivity index (χ4n) is 3.57. The Hall–Kier alpha value is -1.32. The lowest BCUT2D eigenvalue weighted by atomic mass is 9.85. The molecule has 1 saturated heterocycles. The molecule has 1 aromatic rings. The second-order valence-electron chi connectivity index (χ2n) is 5.37. The molecule has 1 amide bonds. The zero-order valence-electron chi connectivity index (χ0n) is 10.2. The molecular formula is C13H19N3O. The molecule has 2 fully saturated rings. The van der Waals surface area contributed by atoms with Gasteiger partial charge in [-0.05, 0) is 32.1 Å². The summed E-state index contributed by atoms with van der Waals surface area (Å²) < 4.78 is 0. The van der Waals surface area contributed by atoms with E-state index in [2.05, 4.69) is 21.8 Å². The number of hydrogen-bond donors (Lipinski definition) is 1. The monoisotopic (exact) mass is 233 g/mol. The average Bonchev–Trinajstić information content (AvgIpc) is 2.94. The number of likely N-dealkylation sites (tertiary alicyclic amines) is 1. The van der Waals surface area contributed by atoms with Crippen molar-refractivity contribution in [2.45, 2.75) is 51.1 Å². The summed E-state index contributed by atoms with van der Waals surface area (Å²) in [4.78, 5) is 21.4. The Kier molecular flexibility index (Phi) is 2.65. The lowest BCUT2D eigenvalue weighted by Gasteiger charge is -2.32. The van der Waals surface area contributed by atoms with Gasteiger partial charge in [-0.1, -0.05) is 12.8 Å². The summed E-state index contributed by atoms with van der Waals surface area (Å²) in [5.41, 5.74) is 0.628. The maximum Gasteiger partial charge on any atom is 0.272 e. The van der Waals surface area contributed by atoms with Crippen molar-refractivity contribution in [3.63, 3.8) is 0 Å². The second-order valence-corrected chi connectivity index (χ2v) is 5.37. The molecule has 17 heavy (non-hydrogen) atoms. The number of nitrogens with one attached hydrogen (secondary N) is 1. The number of fused-ring (bicyclic) bond motifs is 1. The minimum atomic E-state index is 0.129. The summed E-state index contributed by atoms with van der Waals surface area (Å²) in [5, 5.41) is 0. The van der Waals surface area contributed by atoms with Gasteiger partial charge in [-0.3, -0.25) is 4.79 Å². The van der Waals surface area contributed by atoms with Crippen LogP contribution in [0.5, 0.6) is 0 Å². The van der Waals surface area contributed by atoms with Gasteiger partial charge in [0.2, 0.25) is 0 Å². The predicted octanol–water partition coefficient (Wildman–Crippen LogP) is 2.20. The maximum absolute atomic E-state index is 12.4. The summed E-state index contributed by atoms with van der Waals surface area (Å²) in [7, 11) is 0. The van der Waals surface area contributed by atoms with Gasteiger partial charge >= 0.3 is 0 Å². The first-order valence-corrected chi connectivity index (χ1v) is 6.58. The first kappa shape index (κ1) is 10.8. The summed E-state index contributed by atoms with van der Waals surface area (Å²) in [6.45, 7) is 2.17. The van der Waals surface area contributed by atoms with E-state index in [1.165, 1.54) is 32.1 Å². The number of imidazole rings is 1. The van der Waals surface area contributed by atoms with E-state index in [0.717, 1.165) is 5.92 Å². The molecule has 2 heterocycles. The van der Waals surface area contributed by atoms with Crippen LogP contribution >= 0.6 is 0 Å². The van der Waals surface area contributed by atoms with Crippen molar-refractivity contribution in [3.05, 3.63) is 18.2 Å². The number of hydrogen-bond acceptors (Lipinski definition) is 2. The Bertz CT molecular complexity index is 401. The SMILES string of the molecule is C[C@@H]1C[C@H]2CCCC[C@@H]2N1C(=O)c1cnc[nH]1. The first-order chi connectivity index (χ1) is 8.27. The third kappa shape index (κ3) is 1.75. The lowest BCUT2D eigenvalue weighted by Crippen LogP contribution is -2.42. The van der Waals surface area contributed by atoms with E-state index in [1.54, 1.807) is 12.5 Å². The van der Waals surface area contributed by atoms with Crippen LogP contribution in [-0.2, 0) is 0 Å². The Morgan fingerprint density at radius 1 is 1.47 bits per heavy atom. The number of nitrogens with zero attached hydrogens (tertiary/aromatic N) is 2. The Morgan fingerprint density at radius 2 is 2.29 bits per heavy atom. The minimum Gasteiger partial charge on any atom is -0.341 e. The largest absolute Gasteiger partial charge is 0.341 e. The molecule has 1 aromatic heterocycles. The van der Waals surface area contributed by atoms with Crippen LogP contribution in [0, 0.1) is 5.92 Å². The van der Waals surface area contributed by atoms with Crippen molar-refractivity contribution in [1.29, 1.82) is 0 Å². The van der Waals surface area contributed by atoms with Crippen molar-refractivity contribution in [1.82, 2.24) is 14.9 Å². The fourth-order valence-corrected chi connectivity index (χ4v) is 3.57. The Labute approximate surface area is 101 Å². The molecule has 1 saturated carbocycles. The highest BCUT2D eigenvalue weighted by Crippen LogP contribution is 2.39. The lowest BCUT2D eigenvalue weighted by molar-refractivity contribution is 0.0628. The molecule has 3 rings (SSSR count). The van der Waals surface area contributed by atoms with Gasteiger partial charge in [0.1, 0.15) is 5.69 Å². The third-order valence-electron chi connectivity index (χ3n) is 4.31. The molecule has 3 atom stereocenters. The third-order valence-corrected chi connectivity index (χ3v) is 4.31. The zero-order chi connectivity index (χ0) is 11.8. The van der Waals surface area contributed by atoms with Gasteiger partial charge in [0.25, 0.3) is 5.91 Å². The summed E-state index contributed by atoms with van der Waals surface area (Å²) in [6.07, 6.45) is 9.44. The number of carbonyl (C=O) groups is 1. The highest BCUT2D eigenvalue weighted by Gasteiger charge is 2.42. The zero-order valence-corrected chi connectivity index (χ0v) is 10.2. The Balaban J connectivity index is 1.84. The van der Waals surface area contributed by atoms with E-state index in [1.807, 2.05) is 0 Å². The molecule has 4 heteroatoms. The standard InChI is InChI=1S/C13H19N3O/c1-9-6-10-4-2-3-5-12(10)16(9)13(17)11-7-14-8-15-11/h7-10,12H,2-6H2,1H3,(H,14,15)/t9-,10-,12+/m1/s1. The molecule has 1 aliphatic heterocycles. The maximum atomic E-state index is 12.4. The summed E-state index contributed by atoms with van der Waals surface area (Å²) >= 11 is 0. The van der Waals surface area contributed by atoms with Crippen molar-refractivity contribution in [3.8, 4) is 0 Å². The van der Waals surface area contributed by atoms with E-state index in [0.29, 0.717) is 17.8 Å². The molecule has 1 N–H and O–H groups in total. The van der Waals surface area contributed by atoms with E-state index >= 15 is 0 Å². The Morgan fingerprint density at radius 3 is 3.06 bits per heavy atom. The van der Waals surface area contributed by atoms with Crippen molar-refractivity contribution >= 4 is 5.91 Å². The highest BCUT2D eigenvalue weighted by molar-refractivity contribution is 5.92. The normalized spacial score (nSPS) is 32.5. The van der Waals surface area contributed by atoms with Gasteiger partial charge in [-0.25, -0.2) is 4.98 Å². The number of amides is 1. The molecule has 0 aromatic carbocycles. The number of H-pyrrole nitrogens is 1. The van der Waals surface area contributed by atoms with Crippen LogP contribution in [0.25, 0.3) is 0 Å². The van der Waals surface area contributed by atoms with E-state index in [-0.39, 0.29) is 5.91 Å². The topological polar surface area (TPSA) is 49.0 Å². The van der Waals surface area contributed by atoms with E-state index < -0.39 is 0 Å². The second kappa shape index (κ2) is 4.17. The minimum absolute atomic E-state index is 0.129. The molecular weight excluding hydrogens is 214 g/mol. The van der Waals surface area contributed by atoms with Crippen molar-refractivity contribution in [2.24, 2.45) is 5.92 Å². The van der Waals surface area contributed by atoms with Gasteiger partial charge in [0.15, 0.2) is 0 Å². The molecule has 4 nitrogen and oxygen atoms in total. The van der Waals surface area contributed by atoms with Crippen LogP contribution in [-0.4, -0.2) is 32.9 Å². The van der Waals surface area contributed by atoms with Gasteiger partial charge in [0, 0.05) is 12.1 Å². The van der Waals surface area contributed by atoms with Gasteiger partial charge in [-0.2, -0.15) is 0 Å². The number of aromatic amines is 1. The van der Waals surface area contributed by atoms with Crippen LogP contribution in [0.1, 0.15) is 49.5 Å². The van der Waals surface area contributed by atoms with Crippen LogP contribution in [0.3, 0.4) is 0 Å². The van der Waals surface area contributed by atoms with E-state index in [9.17, 15) is 4.79 Å². The van der Waals surface area contributed by atoms with Gasteiger partial charge < -0.3 is 9.88 Å². The molecule has 0 unspecified atom stereocenters. The van der Waals surface area contributed by atoms with E-state index in [4.69, 9.17) is 0 Å². The smallest absolute Gasteiger partial charge is 0.272 e. The van der Waals surface area contributed by atoms with Crippen molar-refractivity contribution in [2.75, 3.05) is 0 Å². The van der Waals surface area contributed by atoms with Crippen LogP contribution in [0.2, 0.25) is 0 Å². The highest BCUT2D eigenvalue weighted by atomic mass is 16.2. The average molecular weight is 233 g/mol. The molecule has 0 radical (unpaired) electrons. The number of aromatic nitrogens is 2. The predicted molar refractivity (Wildman–Crippen MR) is 64.6 cm³/mol.